The van der Waals surface area contributed by atoms with Gasteiger partial charge in [-0.05, 0) is 34.1 Å². The highest BCUT2D eigenvalue weighted by Gasteiger charge is 2.15. The Balaban J connectivity index is 2.33. The minimum Gasteiger partial charge on any atom is -0.372 e. The van der Waals surface area contributed by atoms with Crippen molar-refractivity contribution in [3.05, 3.63) is 50.5 Å². The zero-order chi connectivity index (χ0) is 14.7. The van der Waals surface area contributed by atoms with E-state index in [1.165, 1.54) is 0 Å². The van der Waals surface area contributed by atoms with Gasteiger partial charge in [0.25, 0.3) is 5.91 Å². The van der Waals surface area contributed by atoms with E-state index in [0.29, 0.717) is 31.6 Å². The Kier molecular flexibility index (Phi) is 4.86. The lowest BCUT2D eigenvalue weighted by atomic mass is 10.2. The number of pyridine rings is 1. The number of hydrogen-bond acceptors (Lipinski definition) is 3. The molecular formula is C13H10BrCl2N3O. The van der Waals surface area contributed by atoms with Crippen LogP contribution in [0.25, 0.3) is 0 Å². The summed E-state index contributed by atoms with van der Waals surface area (Å²) in [5.74, 6) is 0.149. The highest BCUT2D eigenvalue weighted by molar-refractivity contribution is 9.10. The van der Waals surface area contributed by atoms with Crippen LogP contribution in [-0.4, -0.2) is 17.9 Å². The maximum absolute atomic E-state index is 12.3. The Hall–Kier alpha value is -1.30. The fourth-order valence-electron chi connectivity index (χ4n) is 1.60. The third kappa shape index (κ3) is 3.23. The second-order valence-electron chi connectivity index (χ2n) is 3.86. The molecule has 1 aromatic heterocycles. The van der Waals surface area contributed by atoms with E-state index >= 15 is 0 Å². The summed E-state index contributed by atoms with van der Waals surface area (Å²) in [5.41, 5.74) is 0.851. The summed E-state index contributed by atoms with van der Waals surface area (Å²) in [6.45, 7) is 0. The predicted octanol–water partition coefficient (Wildman–Crippen LogP) is 4.44. The zero-order valence-electron chi connectivity index (χ0n) is 10.4. The number of carbonyl (C=O) groups excluding carboxylic acids is 1. The van der Waals surface area contributed by atoms with Crippen LogP contribution < -0.4 is 10.6 Å². The number of aromatic nitrogens is 1. The van der Waals surface area contributed by atoms with Crippen molar-refractivity contribution in [2.24, 2.45) is 0 Å². The van der Waals surface area contributed by atoms with Crippen molar-refractivity contribution < 1.29 is 4.79 Å². The second-order valence-corrected chi connectivity index (χ2v) is 5.56. The molecule has 4 nitrogen and oxygen atoms in total. The molecule has 0 saturated carbocycles. The van der Waals surface area contributed by atoms with Crippen LogP contribution in [0, 0.1) is 0 Å². The molecule has 7 heteroatoms. The van der Waals surface area contributed by atoms with E-state index < -0.39 is 0 Å². The van der Waals surface area contributed by atoms with Crippen molar-refractivity contribution >= 4 is 56.5 Å². The summed E-state index contributed by atoms with van der Waals surface area (Å²) in [4.78, 5) is 16.4. The standard InChI is InChI=1S/C13H10BrCl2N3O/c1-17-12-8(5-7(14)6-18-12)13(20)19-10-4-2-3-9(15)11(10)16/h2-6H,1H3,(H,17,18)(H,19,20). The SMILES string of the molecule is CNc1ncc(Br)cc1C(=O)Nc1cccc(Cl)c1Cl. The number of carbonyl (C=O) groups is 1. The lowest BCUT2D eigenvalue weighted by Gasteiger charge is -2.11. The highest BCUT2D eigenvalue weighted by atomic mass is 79.9. The molecule has 1 amide bonds. The van der Waals surface area contributed by atoms with Gasteiger partial charge in [0.2, 0.25) is 0 Å². The number of amides is 1. The minimum atomic E-state index is -0.327. The molecule has 2 N–H and O–H groups in total. The number of rotatable bonds is 3. The van der Waals surface area contributed by atoms with Crippen molar-refractivity contribution in [1.82, 2.24) is 4.98 Å². The van der Waals surface area contributed by atoms with Gasteiger partial charge in [-0.3, -0.25) is 4.79 Å². The number of anilines is 2. The summed E-state index contributed by atoms with van der Waals surface area (Å²) >= 11 is 15.2. The Bertz CT molecular complexity index is 664. The van der Waals surface area contributed by atoms with Gasteiger partial charge in [0.15, 0.2) is 0 Å². The van der Waals surface area contributed by atoms with Crippen LogP contribution in [0.1, 0.15) is 10.4 Å². The number of hydrogen-bond donors (Lipinski definition) is 2. The highest BCUT2D eigenvalue weighted by Crippen LogP contribution is 2.30. The molecule has 1 heterocycles. The van der Waals surface area contributed by atoms with Gasteiger partial charge in [-0.1, -0.05) is 29.3 Å². The van der Waals surface area contributed by atoms with E-state index in [4.69, 9.17) is 23.2 Å². The molecule has 2 rings (SSSR count). The summed E-state index contributed by atoms with van der Waals surface area (Å²) in [6, 6.07) is 6.71. The van der Waals surface area contributed by atoms with Gasteiger partial charge in [-0.25, -0.2) is 4.98 Å². The molecule has 2 aromatic rings. The summed E-state index contributed by atoms with van der Waals surface area (Å²) in [6.07, 6.45) is 1.61. The van der Waals surface area contributed by atoms with Crippen LogP contribution in [0.15, 0.2) is 34.9 Å². The minimum absolute atomic E-state index is 0.302. The van der Waals surface area contributed by atoms with Gasteiger partial charge in [-0.2, -0.15) is 0 Å². The first-order valence-corrected chi connectivity index (χ1v) is 7.16. The molecule has 0 aliphatic heterocycles. The van der Waals surface area contributed by atoms with Crippen molar-refractivity contribution in [3.8, 4) is 0 Å². The first-order chi connectivity index (χ1) is 9.52. The third-order valence-corrected chi connectivity index (χ3v) is 3.79. The van der Waals surface area contributed by atoms with Crippen molar-refractivity contribution in [1.29, 1.82) is 0 Å². The van der Waals surface area contributed by atoms with Crippen molar-refractivity contribution in [2.45, 2.75) is 0 Å². The number of nitrogens with one attached hydrogen (secondary N) is 2. The van der Waals surface area contributed by atoms with Gasteiger partial charge >= 0.3 is 0 Å². The lowest BCUT2D eigenvalue weighted by Crippen LogP contribution is -2.15. The normalized spacial score (nSPS) is 10.2. The quantitative estimate of drug-likeness (QED) is 0.834. The van der Waals surface area contributed by atoms with E-state index in [9.17, 15) is 4.79 Å². The van der Waals surface area contributed by atoms with Crippen LogP contribution >= 0.6 is 39.1 Å². The molecule has 0 saturated heterocycles. The topological polar surface area (TPSA) is 54.0 Å². The van der Waals surface area contributed by atoms with Crippen LogP contribution in [-0.2, 0) is 0 Å². The van der Waals surface area contributed by atoms with Gasteiger partial charge in [0.05, 0.1) is 21.3 Å². The molecule has 0 atom stereocenters. The maximum Gasteiger partial charge on any atom is 0.259 e. The molecule has 0 radical (unpaired) electrons. The van der Waals surface area contributed by atoms with E-state index in [-0.39, 0.29) is 5.91 Å². The zero-order valence-corrected chi connectivity index (χ0v) is 13.5. The van der Waals surface area contributed by atoms with Crippen molar-refractivity contribution in [2.75, 3.05) is 17.7 Å². The van der Waals surface area contributed by atoms with E-state index in [0.717, 1.165) is 0 Å². The fourth-order valence-corrected chi connectivity index (χ4v) is 2.28. The largest absolute Gasteiger partial charge is 0.372 e. The second kappa shape index (κ2) is 6.43. The van der Waals surface area contributed by atoms with Crippen LogP contribution in [0.4, 0.5) is 11.5 Å². The van der Waals surface area contributed by atoms with E-state index in [1.54, 1.807) is 37.5 Å². The number of halogens is 3. The van der Waals surface area contributed by atoms with Crippen LogP contribution in [0.3, 0.4) is 0 Å². The number of nitrogens with zero attached hydrogens (tertiary/aromatic N) is 1. The Morgan fingerprint density at radius 1 is 1.35 bits per heavy atom. The first-order valence-electron chi connectivity index (χ1n) is 5.61. The van der Waals surface area contributed by atoms with Crippen LogP contribution in [0.2, 0.25) is 10.0 Å². The van der Waals surface area contributed by atoms with E-state index in [2.05, 4.69) is 31.5 Å². The van der Waals surface area contributed by atoms with Gasteiger partial charge in [-0.15, -0.1) is 0 Å². The molecule has 20 heavy (non-hydrogen) atoms. The first kappa shape index (κ1) is 15.1. The number of benzene rings is 1. The Morgan fingerprint density at radius 2 is 2.10 bits per heavy atom. The predicted molar refractivity (Wildman–Crippen MR) is 85.9 cm³/mol. The monoisotopic (exact) mass is 373 g/mol. The summed E-state index contributed by atoms with van der Waals surface area (Å²) < 4.78 is 0.707. The molecule has 0 spiro atoms. The summed E-state index contributed by atoms with van der Waals surface area (Å²) in [5, 5.41) is 6.26. The molecule has 0 aliphatic rings. The maximum atomic E-state index is 12.3. The molecule has 104 valence electrons. The molecular weight excluding hydrogens is 365 g/mol. The average molecular weight is 375 g/mol. The summed E-state index contributed by atoms with van der Waals surface area (Å²) in [7, 11) is 1.69. The van der Waals surface area contributed by atoms with Crippen LogP contribution in [0.5, 0.6) is 0 Å². The third-order valence-electron chi connectivity index (χ3n) is 2.54. The van der Waals surface area contributed by atoms with E-state index in [1.807, 2.05) is 0 Å². The van der Waals surface area contributed by atoms with Gasteiger partial charge in [0, 0.05) is 17.7 Å². The molecule has 1 aromatic carbocycles. The Labute approximate surface area is 134 Å². The fraction of sp³-hybridized carbons (Fsp3) is 0.0769. The van der Waals surface area contributed by atoms with Crippen molar-refractivity contribution in [3.63, 3.8) is 0 Å². The lowest BCUT2D eigenvalue weighted by molar-refractivity contribution is 0.102. The molecule has 0 unspecified atom stereocenters. The Morgan fingerprint density at radius 3 is 2.80 bits per heavy atom. The smallest absolute Gasteiger partial charge is 0.259 e. The molecule has 0 fully saturated rings. The average Bonchev–Trinajstić information content (AvgIpc) is 2.43. The molecule has 0 aliphatic carbocycles. The molecule has 0 bridgehead atoms. The van der Waals surface area contributed by atoms with Gasteiger partial charge < -0.3 is 10.6 Å². The van der Waals surface area contributed by atoms with Gasteiger partial charge in [0.1, 0.15) is 5.82 Å².